The van der Waals surface area contributed by atoms with E-state index in [4.69, 9.17) is 9.47 Å². The lowest BCUT2D eigenvalue weighted by Crippen LogP contribution is -2.57. The van der Waals surface area contributed by atoms with Crippen molar-refractivity contribution in [1.29, 1.82) is 0 Å². The van der Waals surface area contributed by atoms with Crippen molar-refractivity contribution in [3.8, 4) is 11.5 Å². The van der Waals surface area contributed by atoms with E-state index >= 15 is 0 Å². The largest absolute Gasteiger partial charge is 0.497 e. The molecule has 2 aromatic carbocycles. The lowest BCUT2D eigenvalue weighted by atomic mass is 9.81. The molecule has 192 valence electrons. The molecular weight excluding hydrogens is 483 g/mol. The second kappa shape index (κ2) is 9.57. The number of nitrogens with one attached hydrogen (secondary N) is 2. The molecule has 3 aliphatic heterocycles. The van der Waals surface area contributed by atoms with Crippen LogP contribution in [0.25, 0.3) is 6.08 Å². The highest BCUT2D eigenvalue weighted by atomic mass is 19.1. The van der Waals surface area contributed by atoms with Crippen LogP contribution in [0, 0.1) is 5.82 Å². The average molecular weight is 509 g/mol. The normalized spacial score (nSPS) is 22.9. The summed E-state index contributed by atoms with van der Waals surface area (Å²) in [5.41, 5.74) is -0.578. The summed E-state index contributed by atoms with van der Waals surface area (Å²) in [6.45, 7) is 1.22. The Kier molecular flexibility index (Phi) is 6.28. The van der Waals surface area contributed by atoms with E-state index in [1.165, 1.54) is 12.1 Å². The number of hydrogen-bond acceptors (Lipinski definition) is 6. The fraction of sp³-hybridized carbons (Fsp3) is 0.308. The lowest BCUT2D eigenvalue weighted by molar-refractivity contribution is -0.145. The number of carbonyl (C=O) groups is 4. The molecule has 3 heterocycles. The van der Waals surface area contributed by atoms with Gasteiger partial charge in [0.25, 0.3) is 11.8 Å². The number of piperazine rings is 1. The average Bonchev–Trinajstić information content (AvgIpc) is 3.20. The lowest BCUT2D eigenvalue weighted by Gasteiger charge is -2.40. The number of benzene rings is 2. The molecule has 0 unspecified atom stereocenters. The number of hydrogen-bond donors (Lipinski definition) is 2. The van der Waals surface area contributed by atoms with Gasteiger partial charge in [0, 0.05) is 44.2 Å². The van der Waals surface area contributed by atoms with Crippen molar-refractivity contribution in [1.82, 2.24) is 20.4 Å². The molecule has 2 aromatic rings. The molecule has 2 saturated heterocycles. The van der Waals surface area contributed by atoms with Crippen LogP contribution in [0.4, 0.5) is 9.18 Å². The van der Waals surface area contributed by atoms with E-state index < -0.39 is 29.4 Å². The predicted octanol–water partition coefficient (Wildman–Crippen LogP) is 1.40. The van der Waals surface area contributed by atoms with E-state index in [9.17, 15) is 23.6 Å². The number of nitrogens with zero attached hydrogens (tertiary/aromatic N) is 2. The van der Waals surface area contributed by atoms with E-state index in [0.717, 1.165) is 23.4 Å². The number of amides is 5. The van der Waals surface area contributed by atoms with Crippen LogP contribution in [-0.4, -0.2) is 72.9 Å². The number of fused-ring (bicyclic) bond motifs is 2. The van der Waals surface area contributed by atoms with Gasteiger partial charge in [-0.25, -0.2) is 9.18 Å². The van der Waals surface area contributed by atoms with Gasteiger partial charge in [-0.1, -0.05) is 12.1 Å². The quantitative estimate of drug-likeness (QED) is 0.477. The second-order valence-corrected chi connectivity index (χ2v) is 9.02. The first-order valence-electron chi connectivity index (χ1n) is 11.8. The zero-order valence-electron chi connectivity index (χ0n) is 20.0. The minimum atomic E-state index is -1.60. The number of imide groups is 1. The summed E-state index contributed by atoms with van der Waals surface area (Å²) < 4.78 is 25.0. The molecule has 0 bridgehead atoms. The Labute approximate surface area is 212 Å². The van der Waals surface area contributed by atoms with Gasteiger partial charge in [-0.15, -0.1) is 0 Å². The first-order valence-corrected chi connectivity index (χ1v) is 11.8. The van der Waals surface area contributed by atoms with Gasteiger partial charge in [0.05, 0.1) is 7.11 Å². The van der Waals surface area contributed by atoms with Crippen LogP contribution in [-0.2, 0) is 19.9 Å². The maximum Gasteiger partial charge on any atom is 0.322 e. The molecule has 1 spiro atoms. The molecule has 2 fully saturated rings. The van der Waals surface area contributed by atoms with E-state index in [-0.39, 0.29) is 42.6 Å². The van der Waals surface area contributed by atoms with E-state index in [2.05, 4.69) is 10.6 Å². The third-order valence-electron chi connectivity index (χ3n) is 6.82. The van der Waals surface area contributed by atoms with Crippen LogP contribution < -0.4 is 20.1 Å². The Bertz CT molecular complexity index is 1290. The SMILES string of the molecule is COc1ccc(C=CC(=O)N2CCN(C(=O)[C@@H]3C[C@]4(NC(=O)NC4=O)c4cc(F)ccc4O3)CC2)cc1. The minimum absolute atomic E-state index is 0.154. The highest BCUT2D eigenvalue weighted by molar-refractivity contribution is 6.08. The molecule has 37 heavy (non-hydrogen) atoms. The van der Waals surface area contributed by atoms with Crippen molar-refractivity contribution in [2.45, 2.75) is 18.1 Å². The smallest absolute Gasteiger partial charge is 0.322 e. The molecule has 11 heteroatoms. The zero-order valence-corrected chi connectivity index (χ0v) is 20.0. The second-order valence-electron chi connectivity index (χ2n) is 9.02. The summed E-state index contributed by atoms with van der Waals surface area (Å²) in [6, 6.07) is 10.2. The number of urea groups is 1. The first-order chi connectivity index (χ1) is 17.8. The molecule has 0 radical (unpaired) electrons. The van der Waals surface area contributed by atoms with Crippen molar-refractivity contribution >= 4 is 29.8 Å². The van der Waals surface area contributed by atoms with Gasteiger partial charge in [0.2, 0.25) is 5.91 Å². The maximum atomic E-state index is 14.0. The van der Waals surface area contributed by atoms with Gasteiger partial charge in [-0.2, -0.15) is 0 Å². The van der Waals surface area contributed by atoms with E-state index in [1.54, 1.807) is 23.0 Å². The molecule has 2 N–H and O–H groups in total. The van der Waals surface area contributed by atoms with E-state index in [1.807, 2.05) is 24.3 Å². The summed E-state index contributed by atoms with van der Waals surface area (Å²) in [5.74, 6) is -0.919. The topological polar surface area (TPSA) is 117 Å². The monoisotopic (exact) mass is 508 g/mol. The van der Waals surface area contributed by atoms with Crippen molar-refractivity contribution in [3.05, 3.63) is 65.5 Å². The molecule has 0 aromatic heterocycles. The number of rotatable bonds is 4. The fourth-order valence-electron chi connectivity index (χ4n) is 4.82. The number of halogens is 1. The molecule has 0 saturated carbocycles. The number of ether oxygens (including phenoxy) is 2. The predicted molar refractivity (Wildman–Crippen MR) is 129 cm³/mol. The van der Waals surface area contributed by atoms with Crippen LogP contribution in [0.15, 0.2) is 48.5 Å². The Morgan fingerprint density at radius 1 is 1.08 bits per heavy atom. The van der Waals surface area contributed by atoms with Gasteiger partial charge in [-0.05, 0) is 42.0 Å². The van der Waals surface area contributed by atoms with Gasteiger partial charge in [0.15, 0.2) is 11.6 Å². The van der Waals surface area contributed by atoms with Crippen molar-refractivity contribution in [2.75, 3.05) is 33.3 Å². The Morgan fingerprint density at radius 3 is 2.43 bits per heavy atom. The van der Waals surface area contributed by atoms with Crippen LogP contribution in [0.1, 0.15) is 17.5 Å². The van der Waals surface area contributed by atoms with Crippen LogP contribution in [0.5, 0.6) is 11.5 Å². The van der Waals surface area contributed by atoms with Crippen LogP contribution >= 0.6 is 0 Å². The molecule has 10 nitrogen and oxygen atoms in total. The standard InChI is InChI=1S/C26H25FN4O6/c1-36-18-6-2-16(3-7-18)4-9-22(32)30-10-12-31(13-11-30)23(33)21-15-26(24(34)28-25(35)29-26)19-14-17(27)5-8-20(19)37-21/h2-9,14,21H,10-13,15H2,1H3,(H2,28,29,34,35)/t21-,26-/m0/s1. The maximum absolute atomic E-state index is 14.0. The highest BCUT2D eigenvalue weighted by Crippen LogP contribution is 2.42. The van der Waals surface area contributed by atoms with Gasteiger partial charge < -0.3 is 24.6 Å². The van der Waals surface area contributed by atoms with E-state index in [0.29, 0.717) is 13.1 Å². The minimum Gasteiger partial charge on any atom is -0.497 e. The van der Waals surface area contributed by atoms with Gasteiger partial charge >= 0.3 is 6.03 Å². The molecule has 3 aliphatic rings. The number of methoxy groups -OCH3 is 1. The molecule has 5 rings (SSSR count). The summed E-state index contributed by atoms with van der Waals surface area (Å²) in [5, 5.41) is 4.74. The Balaban J connectivity index is 1.24. The molecule has 5 amide bonds. The summed E-state index contributed by atoms with van der Waals surface area (Å²) in [6.07, 6.45) is 1.96. The zero-order chi connectivity index (χ0) is 26.2. The Morgan fingerprint density at radius 2 is 1.78 bits per heavy atom. The van der Waals surface area contributed by atoms with Crippen molar-refractivity contribution in [2.24, 2.45) is 0 Å². The highest BCUT2D eigenvalue weighted by Gasteiger charge is 2.55. The first kappa shape index (κ1) is 24.3. The molecule has 0 aliphatic carbocycles. The number of carbonyl (C=O) groups excluding carboxylic acids is 4. The molecular formula is C26H25FN4O6. The summed E-state index contributed by atoms with van der Waals surface area (Å²) >= 11 is 0. The summed E-state index contributed by atoms with van der Waals surface area (Å²) in [7, 11) is 1.58. The van der Waals surface area contributed by atoms with Crippen LogP contribution in [0.3, 0.4) is 0 Å². The van der Waals surface area contributed by atoms with Crippen LogP contribution in [0.2, 0.25) is 0 Å². The molecule has 2 atom stereocenters. The van der Waals surface area contributed by atoms with Crippen molar-refractivity contribution in [3.63, 3.8) is 0 Å². The third kappa shape index (κ3) is 4.59. The fourth-order valence-corrected chi connectivity index (χ4v) is 4.82. The third-order valence-corrected chi connectivity index (χ3v) is 6.82. The van der Waals surface area contributed by atoms with Gasteiger partial charge in [-0.3, -0.25) is 19.7 Å². The Hall–Kier alpha value is -4.41. The van der Waals surface area contributed by atoms with Gasteiger partial charge in [0.1, 0.15) is 17.3 Å². The summed E-state index contributed by atoms with van der Waals surface area (Å²) in [4.78, 5) is 53.9. The van der Waals surface area contributed by atoms with Crippen molar-refractivity contribution < 1.29 is 33.0 Å².